The van der Waals surface area contributed by atoms with E-state index in [-0.39, 0.29) is 6.04 Å². The molecule has 0 aromatic rings. The van der Waals surface area contributed by atoms with Crippen LogP contribution in [-0.4, -0.2) is 21.8 Å². The Balaban J connectivity index is 2.16. The molecular formula is C7H15NOS. The van der Waals surface area contributed by atoms with Crippen LogP contribution in [0.2, 0.25) is 0 Å². The highest BCUT2D eigenvalue weighted by Gasteiger charge is 2.28. The third-order valence-electron chi connectivity index (χ3n) is 1.93. The molecule has 2 N–H and O–H groups in total. The molecule has 2 nitrogen and oxygen atoms in total. The van der Waals surface area contributed by atoms with Crippen molar-refractivity contribution in [3.8, 4) is 0 Å². The maximum Gasteiger partial charge on any atom is 0.0389 e. The zero-order chi connectivity index (χ0) is 7.56. The molecule has 2 unspecified atom stereocenters. The molecule has 0 bridgehead atoms. The molecule has 0 aliphatic heterocycles. The molecule has 0 aromatic carbocycles. The van der Waals surface area contributed by atoms with Crippen molar-refractivity contribution in [3.05, 3.63) is 0 Å². The minimum Gasteiger partial charge on any atom is -0.327 e. The lowest BCUT2D eigenvalue weighted by molar-refractivity contribution is 0.635. The Morgan fingerprint density at radius 3 is 2.70 bits per heavy atom. The molecule has 10 heavy (non-hydrogen) atoms. The van der Waals surface area contributed by atoms with Crippen LogP contribution < -0.4 is 5.73 Å². The Morgan fingerprint density at radius 1 is 1.70 bits per heavy atom. The first kappa shape index (κ1) is 8.21. The van der Waals surface area contributed by atoms with Crippen LogP contribution in [-0.2, 0) is 10.8 Å². The summed E-state index contributed by atoms with van der Waals surface area (Å²) in [6, 6.07) is 0.209. The second kappa shape index (κ2) is 3.49. The highest BCUT2D eigenvalue weighted by molar-refractivity contribution is 7.84. The molecule has 60 valence electrons. The fourth-order valence-electron chi connectivity index (χ4n) is 0.993. The highest BCUT2D eigenvalue weighted by Crippen LogP contribution is 2.31. The quantitative estimate of drug-likeness (QED) is 0.652. The van der Waals surface area contributed by atoms with E-state index in [0.717, 1.165) is 5.75 Å². The molecule has 0 amide bonds. The topological polar surface area (TPSA) is 43.1 Å². The van der Waals surface area contributed by atoms with Crippen LogP contribution in [0.4, 0.5) is 0 Å². The van der Waals surface area contributed by atoms with E-state index in [1.807, 2.05) is 6.92 Å². The third kappa shape index (κ3) is 2.39. The van der Waals surface area contributed by atoms with Crippen molar-refractivity contribution in [1.82, 2.24) is 0 Å². The summed E-state index contributed by atoms with van der Waals surface area (Å²) in [6.07, 6.45) is 2.50. The molecule has 1 aliphatic rings. The van der Waals surface area contributed by atoms with Crippen LogP contribution in [0.5, 0.6) is 0 Å². The van der Waals surface area contributed by atoms with Gasteiger partial charge in [0, 0.05) is 28.3 Å². The molecule has 0 radical (unpaired) electrons. The smallest absolute Gasteiger partial charge is 0.0389 e. The van der Waals surface area contributed by atoms with E-state index in [1.165, 1.54) is 12.8 Å². The van der Waals surface area contributed by atoms with Crippen molar-refractivity contribution in [1.29, 1.82) is 0 Å². The Labute approximate surface area is 64.6 Å². The van der Waals surface area contributed by atoms with Gasteiger partial charge in [0.15, 0.2) is 0 Å². The fourth-order valence-corrected chi connectivity index (χ4v) is 1.93. The molecule has 2 atom stereocenters. The molecule has 1 aliphatic carbocycles. The highest BCUT2D eigenvalue weighted by atomic mass is 32.2. The lowest BCUT2D eigenvalue weighted by Gasteiger charge is -2.07. The van der Waals surface area contributed by atoms with Crippen molar-refractivity contribution in [2.75, 3.05) is 11.5 Å². The van der Waals surface area contributed by atoms with Crippen LogP contribution in [0.1, 0.15) is 19.8 Å². The predicted octanol–water partition coefficient (Wildman–Crippen LogP) is 0.492. The van der Waals surface area contributed by atoms with Gasteiger partial charge in [-0.15, -0.1) is 0 Å². The fraction of sp³-hybridized carbons (Fsp3) is 1.00. The third-order valence-corrected chi connectivity index (χ3v) is 3.33. The summed E-state index contributed by atoms with van der Waals surface area (Å²) in [5.74, 6) is 2.15. The summed E-state index contributed by atoms with van der Waals surface area (Å²) in [6.45, 7) is 1.94. The van der Waals surface area contributed by atoms with Gasteiger partial charge in [-0.2, -0.15) is 0 Å². The number of nitrogens with two attached hydrogens (primary N) is 1. The van der Waals surface area contributed by atoms with Gasteiger partial charge in [-0.3, -0.25) is 4.21 Å². The van der Waals surface area contributed by atoms with Gasteiger partial charge >= 0.3 is 0 Å². The normalized spacial score (nSPS) is 24.2. The monoisotopic (exact) mass is 161 g/mol. The van der Waals surface area contributed by atoms with Gasteiger partial charge in [0.2, 0.25) is 0 Å². The van der Waals surface area contributed by atoms with Crippen LogP contribution in [0, 0.1) is 5.92 Å². The molecular weight excluding hydrogens is 146 g/mol. The van der Waals surface area contributed by atoms with E-state index in [2.05, 4.69) is 0 Å². The van der Waals surface area contributed by atoms with Gasteiger partial charge in [0.1, 0.15) is 0 Å². The molecule has 1 saturated carbocycles. The lowest BCUT2D eigenvalue weighted by Crippen LogP contribution is -2.29. The lowest BCUT2D eigenvalue weighted by atomic mass is 10.2. The summed E-state index contributed by atoms with van der Waals surface area (Å²) in [7, 11) is -0.663. The standard InChI is InChI=1S/C7H15NOS/c1-2-10(9)5-7(8)6-3-4-6/h6-7H,2-5,8H2,1H3. The molecule has 3 heteroatoms. The number of hydrogen-bond donors (Lipinski definition) is 1. The Morgan fingerprint density at radius 2 is 2.30 bits per heavy atom. The average Bonchev–Trinajstić information content (AvgIpc) is 2.68. The average molecular weight is 161 g/mol. The summed E-state index contributed by atoms with van der Waals surface area (Å²) < 4.78 is 11.0. The predicted molar refractivity (Wildman–Crippen MR) is 44.2 cm³/mol. The van der Waals surface area contributed by atoms with Gasteiger partial charge in [0.25, 0.3) is 0 Å². The Hall–Kier alpha value is 0.110. The number of hydrogen-bond acceptors (Lipinski definition) is 2. The van der Waals surface area contributed by atoms with Crippen LogP contribution in [0.3, 0.4) is 0 Å². The first-order chi connectivity index (χ1) is 4.74. The van der Waals surface area contributed by atoms with Crippen LogP contribution >= 0.6 is 0 Å². The minimum atomic E-state index is -0.663. The first-order valence-electron chi connectivity index (χ1n) is 3.84. The molecule has 0 aromatic heterocycles. The summed E-state index contributed by atoms with van der Waals surface area (Å²) >= 11 is 0. The Kier molecular flexibility index (Phi) is 2.86. The largest absolute Gasteiger partial charge is 0.327 e. The van der Waals surface area contributed by atoms with E-state index in [1.54, 1.807) is 0 Å². The van der Waals surface area contributed by atoms with Crippen LogP contribution in [0.15, 0.2) is 0 Å². The van der Waals surface area contributed by atoms with Gasteiger partial charge in [-0.25, -0.2) is 0 Å². The summed E-state index contributed by atoms with van der Waals surface area (Å²) in [5.41, 5.74) is 5.76. The van der Waals surface area contributed by atoms with Crippen molar-refractivity contribution in [2.45, 2.75) is 25.8 Å². The maximum atomic E-state index is 11.0. The number of rotatable bonds is 4. The van der Waals surface area contributed by atoms with Gasteiger partial charge in [-0.05, 0) is 18.8 Å². The van der Waals surface area contributed by atoms with Crippen molar-refractivity contribution >= 4 is 10.8 Å². The van der Waals surface area contributed by atoms with Gasteiger partial charge in [-0.1, -0.05) is 6.92 Å². The second-order valence-corrected chi connectivity index (χ2v) is 4.69. The van der Waals surface area contributed by atoms with E-state index >= 15 is 0 Å². The van der Waals surface area contributed by atoms with Gasteiger partial charge < -0.3 is 5.73 Å². The zero-order valence-corrected chi connectivity index (χ0v) is 7.19. The molecule has 1 fully saturated rings. The van der Waals surface area contributed by atoms with Gasteiger partial charge in [0.05, 0.1) is 0 Å². The summed E-state index contributed by atoms with van der Waals surface area (Å²) in [5, 5.41) is 0. The van der Waals surface area contributed by atoms with Crippen molar-refractivity contribution in [3.63, 3.8) is 0 Å². The SMILES string of the molecule is CCS(=O)CC(N)C1CC1. The molecule has 1 rings (SSSR count). The van der Waals surface area contributed by atoms with E-state index in [9.17, 15) is 4.21 Å². The minimum absolute atomic E-state index is 0.209. The molecule has 0 saturated heterocycles. The molecule has 0 heterocycles. The maximum absolute atomic E-state index is 11.0. The van der Waals surface area contributed by atoms with E-state index < -0.39 is 10.8 Å². The molecule has 0 spiro atoms. The zero-order valence-electron chi connectivity index (χ0n) is 6.38. The second-order valence-electron chi connectivity index (χ2n) is 2.90. The van der Waals surface area contributed by atoms with E-state index in [4.69, 9.17) is 5.73 Å². The van der Waals surface area contributed by atoms with Crippen molar-refractivity contribution in [2.24, 2.45) is 11.7 Å². The summed E-state index contributed by atoms with van der Waals surface area (Å²) in [4.78, 5) is 0. The van der Waals surface area contributed by atoms with Crippen molar-refractivity contribution < 1.29 is 4.21 Å². The Bertz CT molecular complexity index is 134. The first-order valence-corrected chi connectivity index (χ1v) is 5.33. The van der Waals surface area contributed by atoms with Crippen LogP contribution in [0.25, 0.3) is 0 Å². The van der Waals surface area contributed by atoms with E-state index in [0.29, 0.717) is 11.7 Å².